The first kappa shape index (κ1) is 26.4. The predicted octanol–water partition coefficient (Wildman–Crippen LogP) is 6.99. The highest BCUT2D eigenvalue weighted by Gasteiger charge is 2.10. The molecule has 0 aliphatic heterocycles. The van der Waals surface area contributed by atoms with Gasteiger partial charge in [0.15, 0.2) is 0 Å². The minimum absolute atomic E-state index is 0.310. The van der Waals surface area contributed by atoms with Gasteiger partial charge in [0.25, 0.3) is 0 Å². The summed E-state index contributed by atoms with van der Waals surface area (Å²) in [7, 11) is 1.67. The summed E-state index contributed by atoms with van der Waals surface area (Å²) in [6.45, 7) is 10.0. The Morgan fingerprint density at radius 3 is 2.09 bits per heavy atom. The fourth-order valence-electron chi connectivity index (χ4n) is 2.77. The molecule has 0 N–H and O–H groups in total. The quantitative estimate of drug-likeness (QED) is 0.248. The maximum Gasteiger partial charge on any atom is 0.343 e. The molecule has 32 heavy (non-hydrogen) atoms. The number of aryl methyl sites for hydroxylation is 2. The summed E-state index contributed by atoms with van der Waals surface area (Å²) in [4.78, 5) is 20.2. The van der Waals surface area contributed by atoms with E-state index in [9.17, 15) is 4.79 Å². The van der Waals surface area contributed by atoms with E-state index in [2.05, 4.69) is 19.9 Å². The van der Waals surface area contributed by atoms with E-state index in [0.29, 0.717) is 17.7 Å². The van der Waals surface area contributed by atoms with Gasteiger partial charge in [0.2, 0.25) is 0 Å². The number of ether oxygens (including phenoxy) is 2. The fourth-order valence-corrected chi connectivity index (χ4v) is 2.77. The van der Waals surface area contributed by atoms with E-state index in [1.165, 1.54) is 11.1 Å². The van der Waals surface area contributed by atoms with Crippen molar-refractivity contribution in [2.24, 2.45) is 0 Å². The van der Waals surface area contributed by atoms with Crippen LogP contribution >= 0.6 is 0 Å². The van der Waals surface area contributed by atoms with Crippen LogP contribution in [0.4, 0.5) is 0 Å². The van der Waals surface area contributed by atoms with Crippen LogP contribution in [0.2, 0.25) is 0 Å². The van der Waals surface area contributed by atoms with Crippen molar-refractivity contribution in [2.45, 2.75) is 34.1 Å². The maximum atomic E-state index is 12.2. The van der Waals surface area contributed by atoms with E-state index in [4.69, 9.17) is 14.3 Å². The average Bonchev–Trinajstić information content (AvgIpc) is 2.83. The van der Waals surface area contributed by atoms with Gasteiger partial charge in [-0.1, -0.05) is 66.6 Å². The number of rotatable bonds is 5. The van der Waals surface area contributed by atoms with E-state index in [0.717, 1.165) is 16.5 Å². The minimum Gasteiger partial charge on any atom is -0.497 e. The molecular weight excluding hydrogens is 400 g/mol. The highest BCUT2D eigenvalue weighted by Crippen LogP contribution is 2.19. The molecular formula is C28H32O4. The second-order valence-electron chi connectivity index (χ2n) is 6.98. The molecule has 3 aromatic rings. The van der Waals surface area contributed by atoms with Crippen LogP contribution in [-0.2, 0) is 9.53 Å². The summed E-state index contributed by atoms with van der Waals surface area (Å²) in [6, 6.07) is 19.8. The Morgan fingerprint density at radius 2 is 1.50 bits per heavy atom. The molecule has 0 radical (unpaired) electrons. The molecule has 3 rings (SSSR count). The lowest BCUT2D eigenvalue weighted by atomic mass is 10.0. The van der Waals surface area contributed by atoms with Crippen molar-refractivity contribution < 1.29 is 19.1 Å². The Kier molecular flexibility index (Phi) is 11.8. The first-order valence-corrected chi connectivity index (χ1v) is 10.4. The largest absolute Gasteiger partial charge is 0.497 e. The van der Waals surface area contributed by atoms with Crippen LogP contribution in [0, 0.1) is 13.8 Å². The van der Waals surface area contributed by atoms with Crippen molar-refractivity contribution in [3.05, 3.63) is 101 Å². The zero-order chi connectivity index (χ0) is 23.9. The summed E-state index contributed by atoms with van der Waals surface area (Å²) >= 11 is 0. The van der Waals surface area contributed by atoms with Gasteiger partial charge in [0, 0.05) is 6.42 Å². The fraction of sp³-hybridized carbons (Fsp3) is 0.214. The topological polar surface area (TPSA) is 52.6 Å². The predicted molar refractivity (Wildman–Crippen MR) is 132 cm³/mol. The van der Waals surface area contributed by atoms with Crippen LogP contribution in [0.15, 0.2) is 84.7 Å². The third-order valence-corrected chi connectivity index (χ3v) is 4.53. The average molecular weight is 433 g/mol. The van der Waals surface area contributed by atoms with Gasteiger partial charge in [-0.3, -0.25) is 0 Å². The van der Waals surface area contributed by atoms with Crippen molar-refractivity contribution in [1.82, 2.24) is 0 Å². The number of fused-ring (bicyclic) bond motifs is 1. The summed E-state index contributed by atoms with van der Waals surface area (Å²) in [5, 5.41) is 2.18. The highest BCUT2D eigenvalue weighted by atomic mass is 16.5. The lowest BCUT2D eigenvalue weighted by molar-refractivity contribution is -0.0980. The molecule has 0 spiro atoms. The molecule has 0 unspecified atom stereocenters. The van der Waals surface area contributed by atoms with Crippen LogP contribution in [0.5, 0.6) is 5.75 Å². The van der Waals surface area contributed by atoms with Crippen molar-refractivity contribution in [3.63, 3.8) is 0 Å². The number of allylic oxidation sites excluding steroid dienone is 4. The molecule has 4 nitrogen and oxygen atoms in total. The normalized spacial score (nSPS) is 10.6. The SMILES string of the molecule is C/C=C\C=C(/CC)OC(=O)c1ccc2cc(C)ccc2c1.C=O.COc1ccc(C)cc1. The molecule has 0 saturated heterocycles. The molecule has 4 heteroatoms. The monoisotopic (exact) mass is 432 g/mol. The Labute approximate surface area is 191 Å². The molecule has 0 aromatic heterocycles. The Balaban J connectivity index is 0.000000388. The number of carbonyl (C=O) groups excluding carboxylic acids is 2. The van der Waals surface area contributed by atoms with Gasteiger partial charge in [-0.15, -0.1) is 0 Å². The second-order valence-corrected chi connectivity index (χ2v) is 6.98. The Hall–Kier alpha value is -3.66. The summed E-state index contributed by atoms with van der Waals surface area (Å²) in [5.41, 5.74) is 3.04. The third kappa shape index (κ3) is 8.60. The second kappa shape index (κ2) is 14.4. The van der Waals surface area contributed by atoms with Gasteiger partial charge in [-0.05, 0) is 61.9 Å². The number of methoxy groups -OCH3 is 1. The van der Waals surface area contributed by atoms with Crippen molar-refractivity contribution >= 4 is 23.5 Å². The van der Waals surface area contributed by atoms with E-state index >= 15 is 0 Å². The number of hydrogen-bond donors (Lipinski definition) is 0. The molecule has 0 saturated carbocycles. The summed E-state index contributed by atoms with van der Waals surface area (Å²) in [5.74, 6) is 1.28. The molecule has 0 atom stereocenters. The van der Waals surface area contributed by atoms with Gasteiger partial charge in [-0.25, -0.2) is 4.79 Å². The highest BCUT2D eigenvalue weighted by molar-refractivity contribution is 5.96. The molecule has 3 aromatic carbocycles. The van der Waals surface area contributed by atoms with Gasteiger partial charge in [0.1, 0.15) is 18.3 Å². The molecule has 0 amide bonds. The van der Waals surface area contributed by atoms with Crippen molar-refractivity contribution in [3.8, 4) is 5.75 Å². The first-order valence-electron chi connectivity index (χ1n) is 10.4. The lowest BCUT2D eigenvalue weighted by Crippen LogP contribution is -2.04. The number of benzene rings is 3. The van der Waals surface area contributed by atoms with Crippen LogP contribution in [0.3, 0.4) is 0 Å². The molecule has 0 bridgehead atoms. The third-order valence-electron chi connectivity index (χ3n) is 4.53. The zero-order valence-corrected chi connectivity index (χ0v) is 19.6. The first-order chi connectivity index (χ1) is 15.5. The molecule has 168 valence electrons. The molecule has 0 fully saturated rings. The number of esters is 1. The van der Waals surface area contributed by atoms with E-state index in [-0.39, 0.29) is 5.97 Å². The Bertz CT molecular complexity index is 1050. The Morgan fingerprint density at radius 1 is 0.906 bits per heavy atom. The van der Waals surface area contributed by atoms with Gasteiger partial charge >= 0.3 is 5.97 Å². The van der Waals surface area contributed by atoms with E-state index in [1.807, 2.05) is 93.5 Å². The zero-order valence-electron chi connectivity index (χ0n) is 19.6. The molecule has 0 heterocycles. The van der Waals surface area contributed by atoms with Crippen LogP contribution < -0.4 is 4.74 Å². The van der Waals surface area contributed by atoms with Gasteiger partial charge in [0.05, 0.1) is 12.7 Å². The van der Waals surface area contributed by atoms with Crippen LogP contribution in [0.25, 0.3) is 10.8 Å². The van der Waals surface area contributed by atoms with Gasteiger partial charge in [-0.2, -0.15) is 0 Å². The number of carbonyl (C=O) groups is 2. The van der Waals surface area contributed by atoms with E-state index in [1.54, 1.807) is 7.11 Å². The molecule has 0 aliphatic carbocycles. The standard InChI is InChI=1S/C19H20O2.C8H10O.CH2O/c1-4-6-7-18(5-2)21-19(20)17-11-10-15-12-14(3)8-9-16(15)13-17;1-7-3-5-8(9-2)6-4-7;1-2/h4,6-13H,5H2,1-3H3;3-6H,1-2H3;1H2/b6-4-,18-7+;;. The minimum atomic E-state index is -0.310. The molecule has 0 aliphatic rings. The smallest absolute Gasteiger partial charge is 0.343 e. The summed E-state index contributed by atoms with van der Waals surface area (Å²) < 4.78 is 10.4. The number of hydrogen-bond acceptors (Lipinski definition) is 4. The van der Waals surface area contributed by atoms with Crippen LogP contribution in [0.1, 0.15) is 41.8 Å². The van der Waals surface area contributed by atoms with Crippen LogP contribution in [-0.4, -0.2) is 19.9 Å². The summed E-state index contributed by atoms with van der Waals surface area (Å²) in [6.07, 6.45) is 6.28. The maximum absolute atomic E-state index is 12.2. The van der Waals surface area contributed by atoms with Gasteiger partial charge < -0.3 is 14.3 Å². The van der Waals surface area contributed by atoms with Crippen molar-refractivity contribution in [1.29, 1.82) is 0 Å². The lowest BCUT2D eigenvalue weighted by Gasteiger charge is -2.07. The van der Waals surface area contributed by atoms with E-state index < -0.39 is 0 Å². The van der Waals surface area contributed by atoms with Crippen molar-refractivity contribution in [2.75, 3.05) is 7.11 Å².